The van der Waals surface area contributed by atoms with E-state index in [0.717, 1.165) is 45.7 Å². The molecule has 0 aliphatic carbocycles. The van der Waals surface area contributed by atoms with E-state index < -0.39 is 11.1 Å². The molecule has 144 valence electrons. The van der Waals surface area contributed by atoms with Crippen molar-refractivity contribution in [2.24, 2.45) is 0 Å². The van der Waals surface area contributed by atoms with Crippen molar-refractivity contribution in [2.75, 3.05) is 39.3 Å². The number of aromatic nitrogens is 2. The number of carbonyl (C=O) groups is 1. The first-order chi connectivity index (χ1) is 13.1. The van der Waals surface area contributed by atoms with Gasteiger partial charge in [0.05, 0.1) is 11.0 Å². The van der Waals surface area contributed by atoms with Crippen LogP contribution in [0, 0.1) is 0 Å². The highest BCUT2D eigenvalue weighted by Gasteiger charge is 2.31. The number of rotatable bonds is 3. The number of aromatic amines is 1. The van der Waals surface area contributed by atoms with Crippen molar-refractivity contribution >= 4 is 16.9 Å². The number of nitrogens with one attached hydrogen (secondary N) is 2. The van der Waals surface area contributed by atoms with Crippen molar-refractivity contribution in [2.45, 2.75) is 25.9 Å². The van der Waals surface area contributed by atoms with Crippen molar-refractivity contribution in [3.8, 4) is 0 Å². The molecule has 1 aromatic heterocycles. The average Bonchev–Trinajstić information content (AvgIpc) is 3.19. The van der Waals surface area contributed by atoms with E-state index in [2.05, 4.69) is 15.2 Å². The fourth-order valence-corrected chi connectivity index (χ4v) is 4.18. The normalized spacial score (nSPS) is 21.1. The first kappa shape index (κ1) is 17.9. The maximum atomic E-state index is 13.0. The summed E-state index contributed by atoms with van der Waals surface area (Å²) in [7, 11) is 0. The van der Waals surface area contributed by atoms with Gasteiger partial charge in [0.15, 0.2) is 0 Å². The van der Waals surface area contributed by atoms with Crippen molar-refractivity contribution in [3.63, 3.8) is 0 Å². The van der Waals surface area contributed by atoms with Crippen LogP contribution in [0.25, 0.3) is 11.0 Å². The van der Waals surface area contributed by atoms with E-state index in [-0.39, 0.29) is 5.91 Å². The molecular weight excluding hydrogens is 346 g/mol. The average molecular weight is 371 g/mol. The molecule has 1 amide bonds. The number of nitrogens with zero attached hydrogens (tertiary/aromatic N) is 3. The van der Waals surface area contributed by atoms with Crippen molar-refractivity contribution in [1.29, 1.82) is 0 Å². The Morgan fingerprint density at radius 1 is 1.19 bits per heavy atom. The summed E-state index contributed by atoms with van der Waals surface area (Å²) in [4.78, 5) is 43.8. The van der Waals surface area contributed by atoms with Gasteiger partial charge in [0, 0.05) is 57.4 Å². The minimum absolute atomic E-state index is 0.0235. The summed E-state index contributed by atoms with van der Waals surface area (Å²) in [6, 6.07) is 5.59. The minimum atomic E-state index is -0.658. The van der Waals surface area contributed by atoms with E-state index in [0.29, 0.717) is 29.2 Å². The SMILES string of the molecule is CCn1c(=O)c(=O)[nH]c2cc(C(=O)N3CCC(N4CCNCC4)C3)ccc21. The number of benzene rings is 1. The molecular formula is C19H25N5O3. The van der Waals surface area contributed by atoms with Gasteiger partial charge in [-0.1, -0.05) is 0 Å². The van der Waals surface area contributed by atoms with Crippen LogP contribution in [-0.4, -0.2) is 70.6 Å². The van der Waals surface area contributed by atoms with E-state index in [4.69, 9.17) is 0 Å². The Balaban J connectivity index is 1.57. The summed E-state index contributed by atoms with van der Waals surface area (Å²) in [5.41, 5.74) is 0.473. The van der Waals surface area contributed by atoms with E-state index in [1.807, 2.05) is 11.8 Å². The van der Waals surface area contributed by atoms with Crippen LogP contribution < -0.4 is 16.4 Å². The summed E-state index contributed by atoms with van der Waals surface area (Å²) in [6.07, 6.45) is 0.992. The summed E-state index contributed by atoms with van der Waals surface area (Å²) >= 11 is 0. The smallest absolute Gasteiger partial charge is 0.316 e. The monoisotopic (exact) mass is 371 g/mol. The van der Waals surface area contributed by atoms with Crippen LogP contribution in [0.15, 0.2) is 27.8 Å². The maximum Gasteiger partial charge on any atom is 0.316 e. The molecule has 0 saturated carbocycles. The minimum Gasteiger partial charge on any atom is -0.337 e. The van der Waals surface area contributed by atoms with Crippen LogP contribution in [0.2, 0.25) is 0 Å². The van der Waals surface area contributed by atoms with Gasteiger partial charge in [-0.2, -0.15) is 0 Å². The van der Waals surface area contributed by atoms with Crippen LogP contribution in [0.5, 0.6) is 0 Å². The topological polar surface area (TPSA) is 90.4 Å². The molecule has 2 aromatic rings. The predicted molar refractivity (Wildman–Crippen MR) is 103 cm³/mol. The summed E-state index contributed by atoms with van der Waals surface area (Å²) in [5, 5.41) is 3.36. The second kappa shape index (κ2) is 7.28. The lowest BCUT2D eigenvalue weighted by molar-refractivity contribution is 0.0773. The molecule has 1 aromatic carbocycles. The van der Waals surface area contributed by atoms with Crippen LogP contribution in [-0.2, 0) is 6.54 Å². The van der Waals surface area contributed by atoms with Gasteiger partial charge in [-0.15, -0.1) is 0 Å². The first-order valence-corrected chi connectivity index (χ1v) is 9.59. The molecule has 2 fully saturated rings. The zero-order chi connectivity index (χ0) is 19.0. The highest BCUT2D eigenvalue weighted by atomic mass is 16.2. The summed E-state index contributed by atoms with van der Waals surface area (Å²) in [5.74, 6) is -0.0235. The largest absolute Gasteiger partial charge is 0.337 e. The predicted octanol–water partition coefficient (Wildman–Crippen LogP) is -0.171. The molecule has 2 N–H and O–H groups in total. The van der Waals surface area contributed by atoms with Gasteiger partial charge in [-0.05, 0) is 31.5 Å². The molecule has 1 atom stereocenters. The number of aryl methyl sites for hydroxylation is 1. The Labute approximate surface area is 156 Å². The fourth-order valence-electron chi connectivity index (χ4n) is 4.18. The van der Waals surface area contributed by atoms with Gasteiger partial charge in [-0.25, -0.2) is 0 Å². The van der Waals surface area contributed by atoms with Gasteiger partial charge in [0.2, 0.25) is 0 Å². The molecule has 0 radical (unpaired) electrons. The molecule has 1 unspecified atom stereocenters. The number of hydrogen-bond donors (Lipinski definition) is 2. The summed E-state index contributed by atoms with van der Waals surface area (Å²) in [6.45, 7) is 7.77. The van der Waals surface area contributed by atoms with Crippen molar-refractivity contribution in [3.05, 3.63) is 44.5 Å². The molecule has 2 aliphatic heterocycles. The second-order valence-electron chi connectivity index (χ2n) is 7.22. The van der Waals surface area contributed by atoms with Crippen LogP contribution in [0.1, 0.15) is 23.7 Å². The highest BCUT2D eigenvalue weighted by molar-refractivity contribution is 5.97. The van der Waals surface area contributed by atoms with Crippen LogP contribution in [0.3, 0.4) is 0 Å². The van der Waals surface area contributed by atoms with Gasteiger partial charge < -0.3 is 19.8 Å². The van der Waals surface area contributed by atoms with Gasteiger partial charge in [0.1, 0.15) is 0 Å². The van der Waals surface area contributed by atoms with Crippen LogP contribution >= 0.6 is 0 Å². The number of hydrogen-bond acceptors (Lipinski definition) is 5. The highest BCUT2D eigenvalue weighted by Crippen LogP contribution is 2.20. The molecule has 3 heterocycles. The molecule has 4 rings (SSSR count). The van der Waals surface area contributed by atoms with Gasteiger partial charge >= 0.3 is 11.1 Å². The Hall–Kier alpha value is -2.45. The Bertz CT molecular complexity index is 973. The lowest BCUT2D eigenvalue weighted by Gasteiger charge is -2.32. The van der Waals surface area contributed by atoms with Gasteiger partial charge in [0.25, 0.3) is 5.91 Å². The molecule has 0 bridgehead atoms. The molecule has 2 aliphatic rings. The Morgan fingerprint density at radius 3 is 2.70 bits per heavy atom. The molecule has 8 nitrogen and oxygen atoms in total. The number of H-pyrrole nitrogens is 1. The summed E-state index contributed by atoms with van der Waals surface area (Å²) < 4.78 is 1.43. The quantitative estimate of drug-likeness (QED) is 0.731. The lowest BCUT2D eigenvalue weighted by atomic mass is 10.1. The standard InChI is InChI=1S/C19H25N5O3/c1-2-24-16-4-3-13(11-15(16)21-17(25)19(24)27)18(26)23-8-5-14(12-23)22-9-6-20-7-10-22/h3-4,11,14,20H,2,5-10,12H2,1H3,(H,21,25). The zero-order valence-corrected chi connectivity index (χ0v) is 15.5. The molecule has 8 heteroatoms. The molecule has 27 heavy (non-hydrogen) atoms. The zero-order valence-electron chi connectivity index (χ0n) is 15.5. The first-order valence-electron chi connectivity index (χ1n) is 9.59. The molecule has 2 saturated heterocycles. The second-order valence-corrected chi connectivity index (χ2v) is 7.22. The van der Waals surface area contributed by atoms with Crippen molar-refractivity contribution in [1.82, 2.24) is 24.7 Å². The van der Waals surface area contributed by atoms with E-state index in [1.165, 1.54) is 4.57 Å². The molecule has 0 spiro atoms. The third kappa shape index (κ3) is 3.30. The van der Waals surface area contributed by atoms with E-state index >= 15 is 0 Å². The Morgan fingerprint density at radius 2 is 1.96 bits per heavy atom. The lowest BCUT2D eigenvalue weighted by Crippen LogP contribution is -2.49. The van der Waals surface area contributed by atoms with E-state index in [9.17, 15) is 14.4 Å². The number of likely N-dealkylation sites (tertiary alicyclic amines) is 1. The fraction of sp³-hybridized carbons (Fsp3) is 0.526. The Kier molecular flexibility index (Phi) is 4.84. The van der Waals surface area contributed by atoms with Gasteiger partial charge in [-0.3, -0.25) is 19.3 Å². The van der Waals surface area contributed by atoms with Crippen molar-refractivity contribution < 1.29 is 4.79 Å². The third-order valence-electron chi connectivity index (χ3n) is 5.66. The number of piperazine rings is 1. The van der Waals surface area contributed by atoms with Crippen LogP contribution in [0.4, 0.5) is 0 Å². The third-order valence-corrected chi connectivity index (χ3v) is 5.66. The number of amides is 1. The number of fused-ring (bicyclic) bond motifs is 1. The van der Waals surface area contributed by atoms with E-state index in [1.54, 1.807) is 18.2 Å². The maximum absolute atomic E-state index is 13.0. The number of carbonyl (C=O) groups excluding carboxylic acids is 1.